The number of phenolic OH excluding ortho intramolecular Hbond substituents is 1. The van der Waals surface area contributed by atoms with Crippen molar-refractivity contribution in [1.29, 1.82) is 0 Å². The Balaban J connectivity index is 3.10. The average molecular weight is 215 g/mol. The van der Waals surface area contributed by atoms with Crippen LogP contribution in [0.4, 0.5) is 0 Å². The lowest BCUT2D eigenvalue weighted by atomic mass is 10.2. The molecule has 5 heteroatoms. The first kappa shape index (κ1) is 10.7. The molecule has 0 saturated carbocycles. The van der Waals surface area contributed by atoms with E-state index in [1.165, 1.54) is 13.3 Å². The third kappa shape index (κ3) is 2.09. The van der Waals surface area contributed by atoms with Crippen LogP contribution in [0.5, 0.6) is 11.5 Å². The highest BCUT2D eigenvalue weighted by Gasteiger charge is 2.09. The maximum absolute atomic E-state index is 9.54. The van der Waals surface area contributed by atoms with Crippen molar-refractivity contribution in [2.75, 3.05) is 14.2 Å². The van der Waals surface area contributed by atoms with E-state index in [0.717, 1.165) is 0 Å². The van der Waals surface area contributed by atoms with Crippen LogP contribution < -0.4 is 10.2 Å². The summed E-state index contributed by atoms with van der Waals surface area (Å²) in [6.45, 7) is 0. The largest absolute Gasteiger partial charge is 0.503 e. The Kier molecular flexibility index (Phi) is 3.59. The van der Waals surface area contributed by atoms with Crippen LogP contribution >= 0.6 is 11.6 Å². The van der Waals surface area contributed by atoms with Gasteiger partial charge in [-0.3, -0.25) is 0 Å². The molecule has 0 fully saturated rings. The first-order chi connectivity index (χ1) is 6.70. The number of phenols is 1. The maximum atomic E-state index is 9.54. The second-order valence-electron chi connectivity index (χ2n) is 2.50. The van der Waals surface area contributed by atoms with E-state index in [2.05, 4.69) is 10.5 Å². The molecule has 1 rings (SSSR count). The summed E-state index contributed by atoms with van der Waals surface area (Å²) in [4.78, 5) is 0. The number of halogens is 1. The fourth-order valence-electron chi connectivity index (χ4n) is 0.961. The van der Waals surface area contributed by atoms with Gasteiger partial charge in [0.25, 0.3) is 0 Å². The lowest BCUT2D eigenvalue weighted by Gasteiger charge is -2.06. The number of rotatable bonds is 3. The summed E-state index contributed by atoms with van der Waals surface area (Å²) in [7, 11) is 3.14. The van der Waals surface area contributed by atoms with E-state index in [9.17, 15) is 5.11 Å². The summed E-state index contributed by atoms with van der Waals surface area (Å²) in [6, 6.07) is 3.33. The molecule has 0 amide bonds. The lowest BCUT2D eigenvalue weighted by molar-refractivity contribution is 0.373. The lowest BCUT2D eigenvalue weighted by Crippen LogP contribution is -1.95. The van der Waals surface area contributed by atoms with Gasteiger partial charge in [0.2, 0.25) is 0 Å². The predicted molar refractivity (Wildman–Crippen MR) is 56.3 cm³/mol. The molecular weight excluding hydrogens is 204 g/mol. The van der Waals surface area contributed by atoms with E-state index < -0.39 is 0 Å². The molecule has 4 nitrogen and oxygen atoms in total. The topological polar surface area (TPSA) is 53.9 Å². The van der Waals surface area contributed by atoms with Crippen LogP contribution in [0.3, 0.4) is 0 Å². The monoisotopic (exact) mass is 214 g/mol. The summed E-state index contributed by atoms with van der Waals surface area (Å²) < 4.78 is 4.89. The number of nitrogens with one attached hydrogen (secondary N) is 1. The zero-order valence-electron chi connectivity index (χ0n) is 7.91. The molecule has 0 unspecified atom stereocenters. The molecule has 0 radical (unpaired) electrons. The number of nitrogens with zero attached hydrogens (tertiary/aromatic N) is 1. The van der Waals surface area contributed by atoms with Crippen LogP contribution in [0.25, 0.3) is 0 Å². The summed E-state index contributed by atoms with van der Waals surface area (Å²) in [5.74, 6) is 0.269. The molecule has 1 aromatic rings. The molecule has 0 aliphatic rings. The first-order valence-corrected chi connectivity index (χ1v) is 4.33. The second-order valence-corrected chi connectivity index (χ2v) is 2.88. The van der Waals surface area contributed by atoms with Crippen molar-refractivity contribution in [2.45, 2.75) is 0 Å². The fraction of sp³-hybridized carbons (Fsp3) is 0.222. The Morgan fingerprint density at radius 1 is 1.57 bits per heavy atom. The van der Waals surface area contributed by atoms with Crippen LogP contribution in [0.2, 0.25) is 5.02 Å². The van der Waals surface area contributed by atoms with Gasteiger partial charge in [0, 0.05) is 12.6 Å². The molecule has 0 saturated heterocycles. The molecular formula is C9H11ClN2O2. The van der Waals surface area contributed by atoms with Crippen molar-refractivity contribution >= 4 is 17.8 Å². The van der Waals surface area contributed by atoms with Crippen LogP contribution in [0.1, 0.15) is 5.56 Å². The molecule has 0 bridgehead atoms. The van der Waals surface area contributed by atoms with Crippen molar-refractivity contribution in [3.63, 3.8) is 0 Å². The number of hydrogen-bond donors (Lipinski definition) is 2. The molecule has 0 spiro atoms. The van der Waals surface area contributed by atoms with Gasteiger partial charge in [-0.2, -0.15) is 5.10 Å². The third-order valence-electron chi connectivity index (χ3n) is 1.66. The van der Waals surface area contributed by atoms with Crippen molar-refractivity contribution in [1.82, 2.24) is 5.43 Å². The Hall–Kier alpha value is -1.42. The number of benzene rings is 1. The molecule has 0 aromatic heterocycles. The molecule has 0 aliphatic heterocycles. The molecule has 0 heterocycles. The van der Waals surface area contributed by atoms with Gasteiger partial charge in [0.1, 0.15) is 0 Å². The third-order valence-corrected chi connectivity index (χ3v) is 2.06. The number of ether oxygens (including phenoxy) is 1. The highest BCUT2D eigenvalue weighted by Crippen LogP contribution is 2.35. The van der Waals surface area contributed by atoms with Crippen molar-refractivity contribution in [2.24, 2.45) is 5.10 Å². The zero-order valence-corrected chi connectivity index (χ0v) is 8.67. The quantitative estimate of drug-likeness (QED) is 0.594. The first-order valence-electron chi connectivity index (χ1n) is 3.96. The van der Waals surface area contributed by atoms with Crippen LogP contribution in [-0.2, 0) is 0 Å². The standard InChI is InChI=1S/C9H11ClN2O2/c1-11-12-5-6-3-4-7(14-2)9(13)8(6)10/h3-5,11,13H,1-2H3. The van der Waals surface area contributed by atoms with E-state index in [1.54, 1.807) is 19.2 Å². The van der Waals surface area contributed by atoms with Gasteiger partial charge in [0.05, 0.1) is 18.3 Å². The Morgan fingerprint density at radius 2 is 2.29 bits per heavy atom. The summed E-state index contributed by atoms with van der Waals surface area (Å²) in [5.41, 5.74) is 3.21. The van der Waals surface area contributed by atoms with Crippen molar-refractivity contribution in [3.05, 3.63) is 22.7 Å². The molecule has 1 aromatic carbocycles. The van der Waals surface area contributed by atoms with E-state index >= 15 is 0 Å². The second kappa shape index (κ2) is 4.72. The predicted octanol–water partition coefficient (Wildman–Crippen LogP) is 1.61. The zero-order chi connectivity index (χ0) is 10.6. The Morgan fingerprint density at radius 3 is 2.86 bits per heavy atom. The van der Waals surface area contributed by atoms with Crippen LogP contribution in [-0.4, -0.2) is 25.5 Å². The summed E-state index contributed by atoms with van der Waals surface area (Å²) >= 11 is 5.86. The number of methoxy groups -OCH3 is 1. The van der Waals surface area contributed by atoms with Crippen LogP contribution in [0, 0.1) is 0 Å². The van der Waals surface area contributed by atoms with Gasteiger partial charge in [-0.1, -0.05) is 11.6 Å². The highest BCUT2D eigenvalue weighted by molar-refractivity contribution is 6.34. The fourth-order valence-corrected chi connectivity index (χ4v) is 1.17. The smallest absolute Gasteiger partial charge is 0.177 e. The van der Waals surface area contributed by atoms with Gasteiger partial charge in [0.15, 0.2) is 11.5 Å². The molecule has 14 heavy (non-hydrogen) atoms. The number of aromatic hydroxyl groups is 1. The van der Waals surface area contributed by atoms with Crippen LogP contribution in [0.15, 0.2) is 17.2 Å². The van der Waals surface area contributed by atoms with Gasteiger partial charge in [-0.15, -0.1) is 0 Å². The van der Waals surface area contributed by atoms with Crippen molar-refractivity contribution in [3.8, 4) is 11.5 Å². The highest BCUT2D eigenvalue weighted by atomic mass is 35.5. The molecule has 0 atom stereocenters. The number of hydrazone groups is 1. The van der Waals surface area contributed by atoms with Crippen molar-refractivity contribution < 1.29 is 9.84 Å². The van der Waals surface area contributed by atoms with E-state index in [0.29, 0.717) is 11.3 Å². The molecule has 2 N–H and O–H groups in total. The van der Waals surface area contributed by atoms with E-state index in [4.69, 9.17) is 16.3 Å². The minimum Gasteiger partial charge on any atom is -0.503 e. The normalized spacial score (nSPS) is 10.5. The Labute approximate surface area is 87.2 Å². The van der Waals surface area contributed by atoms with Gasteiger partial charge >= 0.3 is 0 Å². The SMILES string of the molecule is CNN=Cc1ccc(OC)c(O)c1Cl. The molecule has 76 valence electrons. The van der Waals surface area contributed by atoms with E-state index in [-0.39, 0.29) is 10.8 Å². The van der Waals surface area contributed by atoms with Gasteiger partial charge < -0.3 is 15.3 Å². The summed E-state index contributed by atoms with van der Waals surface area (Å²) in [6.07, 6.45) is 1.52. The Bertz CT molecular complexity index is 353. The van der Waals surface area contributed by atoms with Gasteiger partial charge in [-0.25, -0.2) is 0 Å². The van der Waals surface area contributed by atoms with Gasteiger partial charge in [-0.05, 0) is 12.1 Å². The minimum atomic E-state index is -0.0748. The average Bonchev–Trinajstić information content (AvgIpc) is 2.20. The molecule has 0 aliphatic carbocycles. The maximum Gasteiger partial charge on any atom is 0.177 e. The van der Waals surface area contributed by atoms with E-state index in [1.807, 2.05) is 0 Å². The minimum absolute atomic E-state index is 0.0748. The summed E-state index contributed by atoms with van der Waals surface area (Å²) in [5, 5.41) is 13.6. The number of hydrogen-bond acceptors (Lipinski definition) is 4.